The molecule has 6 heteroatoms. The molecule has 2 saturated heterocycles. The summed E-state index contributed by atoms with van der Waals surface area (Å²) in [5.74, 6) is 0.175. The van der Waals surface area contributed by atoms with Gasteiger partial charge in [0.15, 0.2) is 0 Å². The van der Waals surface area contributed by atoms with Crippen molar-refractivity contribution in [3.8, 4) is 0 Å². The topological polar surface area (TPSA) is 57.6 Å². The van der Waals surface area contributed by atoms with Gasteiger partial charge in [0, 0.05) is 43.3 Å². The fraction of sp³-hybridized carbons (Fsp3) is 0.429. The number of carbonyl (C=O) groups excluding carboxylic acids is 2. The minimum atomic E-state index is 0.00103. The van der Waals surface area contributed by atoms with E-state index in [1.807, 2.05) is 24.3 Å². The van der Waals surface area contributed by atoms with E-state index in [4.69, 9.17) is 0 Å². The number of benzene rings is 1. The zero-order valence-corrected chi connectivity index (χ0v) is 15.7. The third-order valence-electron chi connectivity index (χ3n) is 5.57. The first-order chi connectivity index (χ1) is 13.1. The van der Waals surface area contributed by atoms with Gasteiger partial charge in [0.25, 0.3) is 0 Å². The molecule has 2 amide bonds. The molecule has 2 aliphatic rings. The van der Waals surface area contributed by atoms with Crippen LogP contribution in [0.25, 0.3) is 0 Å². The molecule has 6 nitrogen and oxygen atoms in total. The predicted molar refractivity (Wildman–Crippen MR) is 106 cm³/mol. The van der Waals surface area contributed by atoms with E-state index in [1.165, 1.54) is 5.69 Å². The van der Waals surface area contributed by atoms with Crippen LogP contribution in [0.2, 0.25) is 0 Å². The number of anilines is 2. The molecule has 2 aromatic rings. The number of carbonyl (C=O) groups is 2. The Hall–Kier alpha value is -2.60. The monoisotopic (exact) mass is 366 g/mol. The van der Waals surface area contributed by atoms with Crippen molar-refractivity contribution in [2.75, 3.05) is 29.9 Å². The van der Waals surface area contributed by atoms with Crippen LogP contribution in [0.1, 0.15) is 37.4 Å². The Bertz CT molecular complexity index is 827. The summed E-state index contributed by atoms with van der Waals surface area (Å²) in [5, 5.41) is 2.99. The van der Waals surface area contributed by atoms with Gasteiger partial charge in [0.05, 0.1) is 12.6 Å². The third kappa shape index (κ3) is 3.76. The normalized spacial score (nSPS) is 20.4. The van der Waals surface area contributed by atoms with Gasteiger partial charge in [-0.2, -0.15) is 0 Å². The summed E-state index contributed by atoms with van der Waals surface area (Å²) in [7, 11) is 2.05. The summed E-state index contributed by atoms with van der Waals surface area (Å²) in [6.07, 6.45) is 5.79. The lowest BCUT2D eigenvalue weighted by Crippen LogP contribution is -2.33. The highest BCUT2D eigenvalue weighted by atomic mass is 16.2. The first kappa shape index (κ1) is 17.8. The highest BCUT2D eigenvalue weighted by molar-refractivity contribution is 5.96. The van der Waals surface area contributed by atoms with Crippen LogP contribution in [0, 0.1) is 0 Å². The summed E-state index contributed by atoms with van der Waals surface area (Å²) in [6.45, 7) is 2.11. The lowest BCUT2D eigenvalue weighted by molar-refractivity contribution is -0.118. The van der Waals surface area contributed by atoms with E-state index in [-0.39, 0.29) is 11.8 Å². The zero-order valence-electron chi connectivity index (χ0n) is 15.7. The molecule has 3 heterocycles. The minimum Gasteiger partial charge on any atom is -0.353 e. The quantitative estimate of drug-likeness (QED) is 0.885. The van der Waals surface area contributed by atoms with Crippen LogP contribution in [0.3, 0.4) is 0 Å². The summed E-state index contributed by atoms with van der Waals surface area (Å²) in [4.78, 5) is 28.4. The Kier molecular flexibility index (Phi) is 4.99. The number of amides is 2. The smallest absolute Gasteiger partial charge is 0.238 e. The molecule has 0 saturated carbocycles. The molecule has 27 heavy (non-hydrogen) atoms. The van der Waals surface area contributed by atoms with Crippen LogP contribution in [0.15, 0.2) is 42.6 Å². The number of hydrogen-bond acceptors (Lipinski definition) is 3. The second-order valence-corrected chi connectivity index (χ2v) is 7.42. The fourth-order valence-electron chi connectivity index (χ4n) is 4.20. The molecule has 0 radical (unpaired) electrons. The van der Waals surface area contributed by atoms with Gasteiger partial charge >= 0.3 is 0 Å². The van der Waals surface area contributed by atoms with Gasteiger partial charge in [-0.3, -0.25) is 14.5 Å². The molecule has 142 valence electrons. The van der Waals surface area contributed by atoms with E-state index in [0.29, 0.717) is 19.0 Å². The molecule has 1 atom stereocenters. The molecule has 0 unspecified atom stereocenters. The van der Waals surface area contributed by atoms with Crippen molar-refractivity contribution in [3.05, 3.63) is 48.3 Å². The molecule has 2 fully saturated rings. The Balaban J connectivity index is 1.36. The van der Waals surface area contributed by atoms with Gasteiger partial charge in [0.1, 0.15) is 0 Å². The molecule has 1 aromatic heterocycles. The van der Waals surface area contributed by atoms with Crippen LogP contribution in [0.4, 0.5) is 11.4 Å². The van der Waals surface area contributed by atoms with Crippen LogP contribution < -0.4 is 10.2 Å². The molecule has 1 N–H and O–H groups in total. The van der Waals surface area contributed by atoms with Crippen molar-refractivity contribution >= 4 is 23.2 Å². The highest BCUT2D eigenvalue weighted by Crippen LogP contribution is 2.31. The van der Waals surface area contributed by atoms with E-state index in [1.54, 1.807) is 4.90 Å². The lowest BCUT2D eigenvalue weighted by Gasteiger charge is -2.24. The largest absolute Gasteiger partial charge is 0.353 e. The van der Waals surface area contributed by atoms with Crippen LogP contribution in [-0.4, -0.2) is 40.9 Å². The number of aromatic nitrogens is 1. The number of rotatable bonds is 5. The highest BCUT2D eigenvalue weighted by Gasteiger charge is 2.29. The van der Waals surface area contributed by atoms with Crippen molar-refractivity contribution in [1.82, 2.24) is 9.47 Å². The Morgan fingerprint density at radius 2 is 1.96 bits per heavy atom. The average Bonchev–Trinajstić information content (AvgIpc) is 3.37. The number of nitrogens with zero attached hydrogens (tertiary/aromatic N) is 3. The van der Waals surface area contributed by atoms with E-state index >= 15 is 0 Å². The molecule has 4 rings (SSSR count). The maximum atomic E-state index is 12.5. The Morgan fingerprint density at radius 3 is 2.63 bits per heavy atom. The van der Waals surface area contributed by atoms with Crippen LogP contribution in [0.5, 0.6) is 0 Å². The number of aryl methyl sites for hydroxylation is 1. The van der Waals surface area contributed by atoms with Crippen molar-refractivity contribution in [2.24, 2.45) is 7.05 Å². The lowest BCUT2D eigenvalue weighted by atomic mass is 10.1. The first-order valence-electron chi connectivity index (χ1n) is 9.67. The van der Waals surface area contributed by atoms with Crippen LogP contribution in [-0.2, 0) is 16.6 Å². The van der Waals surface area contributed by atoms with E-state index in [9.17, 15) is 9.59 Å². The molecule has 2 aliphatic heterocycles. The van der Waals surface area contributed by atoms with Crippen molar-refractivity contribution in [3.63, 3.8) is 0 Å². The molecular weight excluding hydrogens is 340 g/mol. The summed E-state index contributed by atoms with van der Waals surface area (Å²) in [6, 6.07) is 12.1. The number of likely N-dealkylation sites (tertiary alicyclic amines) is 1. The Labute approximate surface area is 159 Å². The van der Waals surface area contributed by atoms with Crippen molar-refractivity contribution < 1.29 is 9.59 Å². The molecule has 1 aromatic carbocycles. The molecule has 0 bridgehead atoms. The Morgan fingerprint density at radius 1 is 1.15 bits per heavy atom. The number of nitrogens with one attached hydrogen (secondary N) is 1. The summed E-state index contributed by atoms with van der Waals surface area (Å²) in [5.41, 5.74) is 2.93. The molecule has 0 spiro atoms. The predicted octanol–water partition coefficient (Wildman–Crippen LogP) is 2.93. The summed E-state index contributed by atoms with van der Waals surface area (Å²) >= 11 is 0. The maximum Gasteiger partial charge on any atom is 0.238 e. The maximum absolute atomic E-state index is 12.5. The number of hydrogen-bond donors (Lipinski definition) is 1. The zero-order chi connectivity index (χ0) is 18.8. The minimum absolute atomic E-state index is 0.00103. The van der Waals surface area contributed by atoms with Crippen LogP contribution >= 0.6 is 0 Å². The van der Waals surface area contributed by atoms with Gasteiger partial charge in [-0.25, -0.2) is 0 Å². The SMILES string of the molecule is Cn1cccc1[C@@H]1CCCN1CC(=O)Nc1ccc(N2CCCC2=O)cc1. The van der Waals surface area contributed by atoms with E-state index in [0.717, 1.165) is 43.7 Å². The molecular formula is C21H26N4O2. The summed E-state index contributed by atoms with van der Waals surface area (Å²) < 4.78 is 2.14. The van der Waals surface area contributed by atoms with Gasteiger partial charge in [-0.15, -0.1) is 0 Å². The average molecular weight is 366 g/mol. The third-order valence-corrected chi connectivity index (χ3v) is 5.57. The second kappa shape index (κ2) is 7.56. The fourth-order valence-corrected chi connectivity index (χ4v) is 4.20. The van der Waals surface area contributed by atoms with Crippen molar-refractivity contribution in [1.29, 1.82) is 0 Å². The van der Waals surface area contributed by atoms with E-state index < -0.39 is 0 Å². The first-order valence-corrected chi connectivity index (χ1v) is 9.67. The van der Waals surface area contributed by atoms with E-state index in [2.05, 4.69) is 40.2 Å². The van der Waals surface area contributed by atoms with Gasteiger partial charge in [-0.1, -0.05) is 0 Å². The standard InChI is InChI=1S/C21H26N4O2/c1-23-12-2-5-18(23)19-6-3-13-24(19)15-20(26)22-16-8-10-17(11-9-16)25-14-4-7-21(25)27/h2,5,8-12,19H,3-4,6-7,13-15H2,1H3,(H,22,26)/t19-/m0/s1. The van der Waals surface area contributed by atoms with Gasteiger partial charge < -0.3 is 14.8 Å². The second-order valence-electron chi connectivity index (χ2n) is 7.42. The molecule has 0 aliphatic carbocycles. The van der Waals surface area contributed by atoms with Gasteiger partial charge in [0.2, 0.25) is 11.8 Å². The van der Waals surface area contributed by atoms with Gasteiger partial charge in [-0.05, 0) is 62.2 Å². The van der Waals surface area contributed by atoms with Crippen molar-refractivity contribution in [2.45, 2.75) is 31.7 Å².